The molecule has 0 radical (unpaired) electrons. The second-order valence-electron chi connectivity index (χ2n) is 6.53. The average molecular weight is 350 g/mol. The summed E-state index contributed by atoms with van der Waals surface area (Å²) in [7, 11) is 0. The summed E-state index contributed by atoms with van der Waals surface area (Å²) in [6, 6.07) is 16.4. The molecule has 1 heterocycles. The standard InChI is InChI=1S/C21H22N2OS/c1-14(2)17-8-10-18(11-9-17)19-13-25-21(22-19)23-20(24)12-16-6-4-15(3)5-7-16/h4-11,13-14H,12H2,1-3H3,(H,22,23,24). The zero-order chi connectivity index (χ0) is 17.8. The molecule has 3 aromatic rings. The first-order valence-electron chi connectivity index (χ1n) is 8.42. The van der Waals surface area contributed by atoms with Crippen molar-refractivity contribution in [1.82, 2.24) is 4.98 Å². The van der Waals surface area contributed by atoms with Gasteiger partial charge in [-0.15, -0.1) is 11.3 Å². The fraction of sp³-hybridized carbons (Fsp3) is 0.238. The lowest BCUT2D eigenvalue weighted by Crippen LogP contribution is -2.14. The average Bonchev–Trinajstić information content (AvgIpc) is 3.05. The fourth-order valence-corrected chi connectivity index (χ4v) is 3.29. The first-order chi connectivity index (χ1) is 12.0. The van der Waals surface area contributed by atoms with Crippen LogP contribution in [0.15, 0.2) is 53.9 Å². The van der Waals surface area contributed by atoms with E-state index in [0.717, 1.165) is 16.8 Å². The summed E-state index contributed by atoms with van der Waals surface area (Å²) in [5, 5.41) is 5.51. The lowest BCUT2D eigenvalue weighted by Gasteiger charge is -2.05. The summed E-state index contributed by atoms with van der Waals surface area (Å²) < 4.78 is 0. The van der Waals surface area contributed by atoms with E-state index in [1.54, 1.807) is 0 Å². The second kappa shape index (κ2) is 7.62. The number of amides is 1. The molecule has 0 bridgehead atoms. The van der Waals surface area contributed by atoms with Crippen molar-refractivity contribution in [3.05, 3.63) is 70.6 Å². The van der Waals surface area contributed by atoms with Crippen molar-refractivity contribution in [3.63, 3.8) is 0 Å². The number of benzene rings is 2. The Kier molecular flexibility index (Phi) is 5.29. The van der Waals surface area contributed by atoms with Crippen LogP contribution >= 0.6 is 11.3 Å². The molecule has 0 aliphatic rings. The number of hydrogen-bond donors (Lipinski definition) is 1. The van der Waals surface area contributed by atoms with E-state index in [0.29, 0.717) is 17.5 Å². The van der Waals surface area contributed by atoms with Crippen molar-refractivity contribution >= 4 is 22.4 Å². The van der Waals surface area contributed by atoms with E-state index in [2.05, 4.69) is 48.4 Å². The molecule has 2 aromatic carbocycles. The SMILES string of the molecule is Cc1ccc(CC(=O)Nc2nc(-c3ccc(C(C)C)cc3)cs2)cc1. The number of rotatable bonds is 5. The van der Waals surface area contributed by atoms with Crippen LogP contribution in [-0.4, -0.2) is 10.9 Å². The number of carbonyl (C=O) groups is 1. The number of carbonyl (C=O) groups excluding carboxylic acids is 1. The van der Waals surface area contributed by atoms with Crippen LogP contribution in [0, 0.1) is 6.92 Å². The number of aromatic nitrogens is 1. The lowest BCUT2D eigenvalue weighted by molar-refractivity contribution is -0.115. The van der Waals surface area contributed by atoms with Crippen molar-refractivity contribution in [3.8, 4) is 11.3 Å². The third kappa shape index (κ3) is 4.54. The summed E-state index contributed by atoms with van der Waals surface area (Å²) in [6.45, 7) is 6.40. The van der Waals surface area contributed by atoms with Gasteiger partial charge in [-0.1, -0.05) is 67.9 Å². The quantitative estimate of drug-likeness (QED) is 0.667. The normalized spacial score (nSPS) is 10.9. The predicted molar refractivity (Wildman–Crippen MR) is 105 cm³/mol. The first kappa shape index (κ1) is 17.4. The van der Waals surface area contributed by atoms with Crippen LogP contribution in [0.25, 0.3) is 11.3 Å². The molecule has 1 amide bonds. The third-order valence-corrected chi connectivity index (χ3v) is 4.87. The molecule has 25 heavy (non-hydrogen) atoms. The van der Waals surface area contributed by atoms with Gasteiger partial charge in [0.1, 0.15) is 0 Å². The van der Waals surface area contributed by atoms with Crippen LogP contribution in [0.3, 0.4) is 0 Å². The van der Waals surface area contributed by atoms with Gasteiger partial charge in [-0.05, 0) is 24.0 Å². The Bertz CT molecular complexity index is 848. The minimum absolute atomic E-state index is 0.0418. The zero-order valence-corrected chi connectivity index (χ0v) is 15.6. The summed E-state index contributed by atoms with van der Waals surface area (Å²) >= 11 is 1.45. The predicted octanol–water partition coefficient (Wildman–Crippen LogP) is 5.42. The number of nitrogens with zero attached hydrogens (tertiary/aromatic N) is 1. The van der Waals surface area contributed by atoms with E-state index in [4.69, 9.17) is 0 Å². The molecule has 0 saturated heterocycles. The molecule has 0 unspecified atom stereocenters. The maximum atomic E-state index is 12.2. The van der Waals surface area contributed by atoms with Gasteiger partial charge in [0, 0.05) is 10.9 Å². The smallest absolute Gasteiger partial charge is 0.230 e. The molecule has 0 atom stereocenters. The number of thiazole rings is 1. The van der Waals surface area contributed by atoms with Gasteiger partial charge in [0.05, 0.1) is 12.1 Å². The monoisotopic (exact) mass is 350 g/mol. The van der Waals surface area contributed by atoms with Crippen molar-refractivity contribution in [1.29, 1.82) is 0 Å². The zero-order valence-electron chi connectivity index (χ0n) is 14.7. The van der Waals surface area contributed by atoms with Crippen LogP contribution in [0.2, 0.25) is 0 Å². The molecule has 1 N–H and O–H groups in total. The van der Waals surface area contributed by atoms with E-state index in [9.17, 15) is 4.79 Å². The van der Waals surface area contributed by atoms with Crippen molar-refractivity contribution in [2.24, 2.45) is 0 Å². The van der Waals surface area contributed by atoms with Gasteiger partial charge >= 0.3 is 0 Å². The minimum Gasteiger partial charge on any atom is -0.302 e. The van der Waals surface area contributed by atoms with E-state index in [1.807, 2.05) is 36.6 Å². The summed E-state index contributed by atoms with van der Waals surface area (Å²) in [5.41, 5.74) is 5.47. The van der Waals surface area contributed by atoms with Crippen molar-refractivity contribution in [2.45, 2.75) is 33.1 Å². The second-order valence-corrected chi connectivity index (χ2v) is 7.38. The number of anilines is 1. The van der Waals surface area contributed by atoms with Gasteiger partial charge in [0.15, 0.2) is 5.13 Å². The number of hydrogen-bond acceptors (Lipinski definition) is 3. The molecule has 3 nitrogen and oxygen atoms in total. The Labute approximate surface area is 152 Å². The Morgan fingerprint density at radius 3 is 2.40 bits per heavy atom. The topological polar surface area (TPSA) is 42.0 Å². The molecule has 1 aromatic heterocycles. The molecule has 0 fully saturated rings. The van der Waals surface area contributed by atoms with Crippen LogP contribution in [-0.2, 0) is 11.2 Å². The highest BCUT2D eigenvalue weighted by Gasteiger charge is 2.09. The Balaban J connectivity index is 1.64. The van der Waals surface area contributed by atoms with Gasteiger partial charge < -0.3 is 5.32 Å². The molecular formula is C21H22N2OS. The van der Waals surface area contributed by atoms with Gasteiger partial charge in [0.2, 0.25) is 5.91 Å². The third-order valence-electron chi connectivity index (χ3n) is 4.11. The van der Waals surface area contributed by atoms with Gasteiger partial charge in [0.25, 0.3) is 0 Å². The van der Waals surface area contributed by atoms with Gasteiger partial charge in [-0.25, -0.2) is 4.98 Å². The largest absolute Gasteiger partial charge is 0.302 e. The van der Waals surface area contributed by atoms with Gasteiger partial charge in [-0.2, -0.15) is 0 Å². The molecule has 0 spiro atoms. The van der Waals surface area contributed by atoms with E-state index >= 15 is 0 Å². The Morgan fingerprint density at radius 2 is 1.76 bits per heavy atom. The Hall–Kier alpha value is -2.46. The lowest BCUT2D eigenvalue weighted by atomic mass is 10.0. The van der Waals surface area contributed by atoms with Crippen molar-refractivity contribution < 1.29 is 4.79 Å². The van der Waals surface area contributed by atoms with Gasteiger partial charge in [-0.3, -0.25) is 4.79 Å². The molecule has 4 heteroatoms. The highest BCUT2D eigenvalue weighted by molar-refractivity contribution is 7.14. The maximum Gasteiger partial charge on any atom is 0.230 e. The fourth-order valence-electron chi connectivity index (χ4n) is 2.56. The van der Waals surface area contributed by atoms with E-state index in [1.165, 1.54) is 22.5 Å². The molecule has 0 saturated carbocycles. The van der Waals surface area contributed by atoms with E-state index < -0.39 is 0 Å². The summed E-state index contributed by atoms with van der Waals surface area (Å²) in [6.07, 6.45) is 0.359. The minimum atomic E-state index is -0.0418. The number of aryl methyl sites for hydroxylation is 1. The highest BCUT2D eigenvalue weighted by Crippen LogP contribution is 2.26. The highest BCUT2D eigenvalue weighted by atomic mass is 32.1. The van der Waals surface area contributed by atoms with Crippen molar-refractivity contribution in [2.75, 3.05) is 5.32 Å². The van der Waals surface area contributed by atoms with E-state index in [-0.39, 0.29) is 5.91 Å². The first-order valence-corrected chi connectivity index (χ1v) is 9.30. The van der Waals surface area contributed by atoms with Crippen LogP contribution < -0.4 is 5.32 Å². The Morgan fingerprint density at radius 1 is 1.08 bits per heavy atom. The number of nitrogens with one attached hydrogen (secondary N) is 1. The molecule has 0 aliphatic heterocycles. The van der Waals surface area contributed by atoms with Crippen LogP contribution in [0.5, 0.6) is 0 Å². The van der Waals surface area contributed by atoms with Crippen LogP contribution in [0.1, 0.15) is 36.5 Å². The molecule has 128 valence electrons. The molecule has 0 aliphatic carbocycles. The summed E-state index contributed by atoms with van der Waals surface area (Å²) in [5.74, 6) is 0.473. The van der Waals surface area contributed by atoms with Crippen LogP contribution in [0.4, 0.5) is 5.13 Å². The maximum absolute atomic E-state index is 12.2. The summed E-state index contributed by atoms with van der Waals surface area (Å²) in [4.78, 5) is 16.7. The molecular weight excluding hydrogens is 328 g/mol. The molecule has 3 rings (SSSR count).